The molecule has 0 fully saturated rings. The maximum Gasteiger partial charge on any atom is 0.223 e. The Kier molecular flexibility index (Phi) is 9.38. The summed E-state index contributed by atoms with van der Waals surface area (Å²) in [6.45, 7) is 7.16. The Balaban J connectivity index is 2.35. The summed E-state index contributed by atoms with van der Waals surface area (Å²) < 4.78 is 0. The molecule has 2 aromatic rings. The van der Waals surface area contributed by atoms with E-state index in [4.69, 9.17) is 0 Å². The topological polar surface area (TPSA) is 136 Å². The number of aliphatic hydroxyl groups is 2. The monoisotopic (exact) mass is 441 g/mol. The second-order valence-corrected chi connectivity index (χ2v) is 7.66. The van der Waals surface area contributed by atoms with E-state index in [1.54, 1.807) is 13.0 Å². The van der Waals surface area contributed by atoms with E-state index < -0.39 is 12.0 Å². The zero-order valence-electron chi connectivity index (χ0n) is 18.9. The highest BCUT2D eigenvalue weighted by molar-refractivity contribution is 5.80. The first-order valence-corrected chi connectivity index (χ1v) is 10.6. The zero-order valence-corrected chi connectivity index (χ0v) is 18.9. The fraction of sp³-hybridized carbons (Fsp3) is 0.478. The van der Waals surface area contributed by atoms with Crippen molar-refractivity contribution in [2.75, 3.05) is 31.6 Å². The maximum absolute atomic E-state index is 12.7. The summed E-state index contributed by atoms with van der Waals surface area (Å²) >= 11 is 0. The molecule has 2 unspecified atom stereocenters. The van der Waals surface area contributed by atoms with E-state index in [9.17, 15) is 19.8 Å². The smallest absolute Gasteiger partial charge is 0.223 e. The number of hydrogen-bond donors (Lipinski definition) is 5. The van der Waals surface area contributed by atoms with Gasteiger partial charge in [-0.25, -0.2) is 9.97 Å². The Hall–Kier alpha value is -3.22. The van der Waals surface area contributed by atoms with Crippen LogP contribution in [0.5, 0.6) is 0 Å². The highest BCUT2D eigenvalue weighted by Gasteiger charge is 2.28. The van der Waals surface area contributed by atoms with Gasteiger partial charge in [-0.15, -0.1) is 0 Å². The van der Waals surface area contributed by atoms with E-state index in [1.165, 1.54) is 6.92 Å². The number of rotatable bonds is 11. The van der Waals surface area contributed by atoms with Gasteiger partial charge in [0.15, 0.2) is 5.82 Å². The lowest BCUT2D eigenvalue weighted by Crippen LogP contribution is -2.43. The number of aliphatic hydroxyl groups excluding tert-OH is 2. The highest BCUT2D eigenvalue weighted by Crippen LogP contribution is 2.33. The Morgan fingerprint density at radius 1 is 1.16 bits per heavy atom. The molecular formula is C23H31N5O4. The van der Waals surface area contributed by atoms with Crippen molar-refractivity contribution in [2.24, 2.45) is 5.92 Å². The number of nitrogens with zero attached hydrogens (tertiary/aromatic N) is 2. The molecule has 1 aromatic heterocycles. The summed E-state index contributed by atoms with van der Waals surface area (Å²) in [7, 11) is 0. The van der Waals surface area contributed by atoms with E-state index >= 15 is 0 Å². The first-order valence-electron chi connectivity index (χ1n) is 10.6. The molecule has 32 heavy (non-hydrogen) atoms. The molecule has 1 heterocycles. The van der Waals surface area contributed by atoms with Gasteiger partial charge in [0.05, 0.1) is 24.8 Å². The molecule has 0 aliphatic heterocycles. The molecule has 5 N–H and O–H groups in total. The van der Waals surface area contributed by atoms with E-state index in [0.29, 0.717) is 36.0 Å². The fourth-order valence-corrected chi connectivity index (χ4v) is 3.24. The van der Waals surface area contributed by atoms with E-state index in [1.807, 2.05) is 26.0 Å². The first kappa shape index (κ1) is 25.0. The number of amides is 2. The molecule has 0 aliphatic carbocycles. The highest BCUT2D eigenvalue weighted by atomic mass is 16.3. The Labute approximate surface area is 188 Å². The average molecular weight is 442 g/mol. The summed E-state index contributed by atoms with van der Waals surface area (Å²) in [6, 6.07) is 10.6. The van der Waals surface area contributed by atoms with Crippen LogP contribution < -0.4 is 16.0 Å². The van der Waals surface area contributed by atoms with Gasteiger partial charge in [-0.1, -0.05) is 32.0 Å². The molecule has 2 rings (SSSR count). The van der Waals surface area contributed by atoms with Crippen LogP contribution in [0.3, 0.4) is 0 Å². The SMILES string of the molecule is CC(=O)NCCNc1nc(-c2c#cccc2)nc(C)c1C(C)C(C)C(=O)NC(CO)CO. The third-order valence-corrected chi connectivity index (χ3v) is 5.22. The Bertz CT molecular complexity index is 903. The number of carbonyl (C=O) groups excluding carboxylic acids is 2. The van der Waals surface area contributed by atoms with Crippen LogP contribution in [0.25, 0.3) is 11.4 Å². The van der Waals surface area contributed by atoms with Crippen molar-refractivity contribution in [2.45, 2.75) is 39.7 Å². The van der Waals surface area contributed by atoms with Gasteiger partial charge in [0.1, 0.15) is 5.82 Å². The van der Waals surface area contributed by atoms with Crippen LogP contribution in [0.2, 0.25) is 0 Å². The number of carbonyl (C=O) groups is 2. The van der Waals surface area contributed by atoms with E-state index in [0.717, 1.165) is 5.56 Å². The molecule has 9 heteroatoms. The maximum atomic E-state index is 12.7. The van der Waals surface area contributed by atoms with Gasteiger partial charge in [0, 0.05) is 37.2 Å². The van der Waals surface area contributed by atoms with Crippen LogP contribution in [0, 0.1) is 25.0 Å². The lowest BCUT2D eigenvalue weighted by molar-refractivity contribution is -0.126. The summed E-state index contributed by atoms with van der Waals surface area (Å²) in [4.78, 5) is 33.2. The predicted octanol–water partition coefficient (Wildman–Crippen LogP) is 0.809. The molecule has 0 saturated carbocycles. The van der Waals surface area contributed by atoms with Gasteiger partial charge in [-0.05, 0) is 25.0 Å². The van der Waals surface area contributed by atoms with Crippen molar-refractivity contribution in [3.63, 3.8) is 0 Å². The summed E-state index contributed by atoms with van der Waals surface area (Å²) in [5.74, 6) is -0.0997. The van der Waals surface area contributed by atoms with Crippen molar-refractivity contribution < 1.29 is 19.8 Å². The number of hydrogen-bond acceptors (Lipinski definition) is 7. The van der Waals surface area contributed by atoms with Gasteiger partial charge in [-0.3, -0.25) is 9.59 Å². The lowest BCUT2D eigenvalue weighted by Gasteiger charge is -2.25. The summed E-state index contributed by atoms with van der Waals surface area (Å²) in [5, 5.41) is 27.2. The molecule has 0 bridgehead atoms. The number of anilines is 1. The molecule has 0 aliphatic rings. The van der Waals surface area contributed by atoms with Crippen LogP contribution in [-0.2, 0) is 9.59 Å². The first-order chi connectivity index (χ1) is 15.3. The third kappa shape index (κ3) is 6.64. The second kappa shape index (κ2) is 12.0. The molecule has 2 amide bonds. The van der Waals surface area contributed by atoms with Gasteiger partial charge in [0.25, 0.3) is 0 Å². The minimum atomic E-state index is -0.711. The summed E-state index contributed by atoms with van der Waals surface area (Å²) in [5.41, 5.74) is 2.19. The summed E-state index contributed by atoms with van der Waals surface area (Å²) in [6.07, 6.45) is 0. The fourth-order valence-electron chi connectivity index (χ4n) is 3.24. The second-order valence-electron chi connectivity index (χ2n) is 7.66. The van der Waals surface area contributed by atoms with Crippen molar-refractivity contribution in [3.05, 3.63) is 41.6 Å². The average Bonchev–Trinajstić information content (AvgIpc) is 2.79. The van der Waals surface area contributed by atoms with Crippen molar-refractivity contribution >= 4 is 17.6 Å². The van der Waals surface area contributed by atoms with Gasteiger partial charge < -0.3 is 26.2 Å². The quantitative estimate of drug-likeness (QED) is 0.326. The van der Waals surface area contributed by atoms with Crippen molar-refractivity contribution in [1.82, 2.24) is 20.6 Å². The Morgan fingerprint density at radius 2 is 1.88 bits per heavy atom. The number of nitrogens with one attached hydrogen (secondary N) is 3. The number of aryl methyl sites for hydroxylation is 1. The van der Waals surface area contributed by atoms with Gasteiger partial charge in [-0.2, -0.15) is 0 Å². The van der Waals surface area contributed by atoms with Crippen LogP contribution in [0.4, 0.5) is 5.82 Å². The Morgan fingerprint density at radius 3 is 2.47 bits per heavy atom. The largest absolute Gasteiger partial charge is 0.394 e. The molecule has 0 radical (unpaired) electrons. The molecule has 9 nitrogen and oxygen atoms in total. The lowest BCUT2D eigenvalue weighted by atomic mass is 9.87. The normalized spacial score (nSPS) is 12.6. The van der Waals surface area contributed by atoms with E-state index in [2.05, 4.69) is 38.1 Å². The number of aromatic nitrogens is 2. The minimum absolute atomic E-state index is 0.123. The molecule has 0 saturated heterocycles. The molecule has 172 valence electrons. The predicted molar refractivity (Wildman–Crippen MR) is 121 cm³/mol. The van der Waals surface area contributed by atoms with Gasteiger partial charge >= 0.3 is 0 Å². The van der Waals surface area contributed by atoms with Crippen LogP contribution in [0.1, 0.15) is 37.9 Å². The molecule has 0 spiro atoms. The zero-order chi connectivity index (χ0) is 23.7. The van der Waals surface area contributed by atoms with Crippen LogP contribution in [-0.4, -0.2) is 64.3 Å². The third-order valence-electron chi connectivity index (χ3n) is 5.22. The van der Waals surface area contributed by atoms with E-state index in [-0.39, 0.29) is 30.9 Å². The molecule has 2 atom stereocenters. The molecular weight excluding hydrogens is 410 g/mol. The van der Waals surface area contributed by atoms with Gasteiger partial charge in [0.2, 0.25) is 11.8 Å². The van der Waals surface area contributed by atoms with Crippen molar-refractivity contribution in [1.29, 1.82) is 0 Å². The minimum Gasteiger partial charge on any atom is -0.394 e. The standard InChI is InChI=1S/C23H31N5O4/c1-14(15(2)23(32)27-19(12-29)13-30)20-16(3)26-21(18-8-6-5-7-9-18)28-22(20)25-11-10-24-17(4)31/h5-6,8,14-15,19,29-30H,10-13H2,1-4H3,(H,24,31)(H,27,32)(H,25,26,28). The van der Waals surface area contributed by atoms with Crippen LogP contribution >= 0.6 is 0 Å². The van der Waals surface area contributed by atoms with Crippen molar-refractivity contribution in [3.8, 4) is 11.4 Å². The van der Waals surface area contributed by atoms with Crippen LogP contribution in [0.15, 0.2) is 18.2 Å². The molecule has 1 aromatic carbocycles.